The monoisotopic (exact) mass is 372 g/mol. The van der Waals surface area contributed by atoms with Gasteiger partial charge in [-0.05, 0) is 37.5 Å². The van der Waals surface area contributed by atoms with E-state index in [9.17, 15) is 14.4 Å². The Hall–Kier alpha value is -1.79. The van der Waals surface area contributed by atoms with Crippen LogP contribution in [0.1, 0.15) is 32.1 Å². The Labute approximate surface area is 149 Å². The van der Waals surface area contributed by atoms with Gasteiger partial charge in [-0.25, -0.2) is 0 Å². The number of piperidine rings is 1. The third-order valence-corrected chi connectivity index (χ3v) is 4.43. The van der Waals surface area contributed by atoms with Crippen molar-refractivity contribution in [2.75, 3.05) is 11.9 Å². The Morgan fingerprint density at radius 2 is 1.96 bits per heavy atom. The molecule has 24 heavy (non-hydrogen) atoms. The van der Waals surface area contributed by atoms with E-state index in [2.05, 4.69) is 5.32 Å². The van der Waals surface area contributed by atoms with E-state index in [1.807, 2.05) is 0 Å². The summed E-state index contributed by atoms with van der Waals surface area (Å²) in [5.74, 6) is -1.70. The van der Waals surface area contributed by atoms with Crippen molar-refractivity contribution in [2.45, 2.75) is 38.1 Å². The minimum absolute atomic E-state index is 0.114. The molecule has 0 saturated carbocycles. The molecule has 1 atom stereocenters. The fourth-order valence-corrected chi connectivity index (χ4v) is 3.01. The molecule has 6 nitrogen and oxygen atoms in total. The summed E-state index contributed by atoms with van der Waals surface area (Å²) in [5, 5.41) is 12.2. The molecule has 2 N–H and O–H groups in total. The van der Waals surface area contributed by atoms with Crippen molar-refractivity contribution in [1.82, 2.24) is 4.90 Å². The standard InChI is InChI=1S/C16H18Cl2N2O4/c17-10-4-5-11(18)12(9-10)19-16(24)13-3-1-2-8-20(13)14(21)6-7-15(22)23/h4-5,9,13H,1-3,6-8H2,(H,19,24)(H,22,23). The van der Waals surface area contributed by atoms with Crippen LogP contribution in [0.15, 0.2) is 18.2 Å². The molecule has 2 amide bonds. The predicted molar refractivity (Wildman–Crippen MR) is 91.3 cm³/mol. The minimum atomic E-state index is -1.04. The van der Waals surface area contributed by atoms with Crippen molar-refractivity contribution < 1.29 is 19.5 Å². The van der Waals surface area contributed by atoms with Crippen LogP contribution in [0.3, 0.4) is 0 Å². The quantitative estimate of drug-likeness (QED) is 0.830. The molecule has 0 bridgehead atoms. The smallest absolute Gasteiger partial charge is 0.303 e. The molecule has 1 saturated heterocycles. The largest absolute Gasteiger partial charge is 0.481 e. The summed E-state index contributed by atoms with van der Waals surface area (Å²) in [6, 6.07) is 4.11. The number of likely N-dealkylation sites (tertiary alicyclic amines) is 1. The van der Waals surface area contributed by atoms with Gasteiger partial charge in [-0.3, -0.25) is 14.4 Å². The summed E-state index contributed by atoms with van der Waals surface area (Å²) in [4.78, 5) is 36.9. The first-order valence-electron chi connectivity index (χ1n) is 7.65. The number of rotatable bonds is 5. The number of carboxylic acid groups (broad SMARTS) is 1. The topological polar surface area (TPSA) is 86.7 Å². The fraction of sp³-hybridized carbons (Fsp3) is 0.438. The summed E-state index contributed by atoms with van der Waals surface area (Å²) in [5.41, 5.74) is 0.387. The molecule has 1 aromatic rings. The maximum atomic E-state index is 12.6. The second-order valence-electron chi connectivity index (χ2n) is 5.61. The lowest BCUT2D eigenvalue weighted by Crippen LogP contribution is -2.50. The average Bonchev–Trinajstić information content (AvgIpc) is 2.56. The number of halogens is 2. The van der Waals surface area contributed by atoms with E-state index in [1.54, 1.807) is 18.2 Å². The molecule has 1 fully saturated rings. The first-order valence-corrected chi connectivity index (χ1v) is 8.41. The molecule has 0 radical (unpaired) electrons. The van der Waals surface area contributed by atoms with Gasteiger partial charge in [-0.15, -0.1) is 0 Å². The molecule has 2 rings (SSSR count). The van der Waals surface area contributed by atoms with Gasteiger partial charge in [0, 0.05) is 18.0 Å². The van der Waals surface area contributed by atoms with Gasteiger partial charge < -0.3 is 15.3 Å². The molecular weight excluding hydrogens is 355 g/mol. The zero-order chi connectivity index (χ0) is 17.7. The molecular formula is C16H18Cl2N2O4. The van der Waals surface area contributed by atoms with Crippen molar-refractivity contribution in [3.63, 3.8) is 0 Å². The number of carbonyl (C=O) groups excluding carboxylic acids is 2. The molecule has 1 heterocycles. The Morgan fingerprint density at radius 3 is 2.67 bits per heavy atom. The summed E-state index contributed by atoms with van der Waals surface area (Å²) >= 11 is 11.9. The van der Waals surface area contributed by atoms with E-state index < -0.39 is 12.0 Å². The summed E-state index contributed by atoms with van der Waals surface area (Å²) in [6.07, 6.45) is 1.79. The molecule has 1 unspecified atom stereocenters. The van der Waals surface area contributed by atoms with Crippen molar-refractivity contribution in [3.8, 4) is 0 Å². The van der Waals surface area contributed by atoms with Gasteiger partial charge in [0.05, 0.1) is 17.1 Å². The highest BCUT2D eigenvalue weighted by molar-refractivity contribution is 6.35. The van der Waals surface area contributed by atoms with E-state index in [4.69, 9.17) is 28.3 Å². The highest BCUT2D eigenvalue weighted by Crippen LogP contribution is 2.27. The summed E-state index contributed by atoms with van der Waals surface area (Å²) in [6.45, 7) is 0.444. The van der Waals surface area contributed by atoms with E-state index in [1.165, 1.54) is 4.90 Å². The van der Waals surface area contributed by atoms with Crippen LogP contribution >= 0.6 is 23.2 Å². The van der Waals surface area contributed by atoms with Crippen molar-refractivity contribution in [2.24, 2.45) is 0 Å². The maximum absolute atomic E-state index is 12.6. The highest BCUT2D eigenvalue weighted by atomic mass is 35.5. The maximum Gasteiger partial charge on any atom is 0.303 e. The molecule has 0 spiro atoms. The Kier molecular flexibility index (Phi) is 6.45. The first-order chi connectivity index (χ1) is 11.4. The SMILES string of the molecule is O=C(O)CCC(=O)N1CCCCC1C(=O)Nc1cc(Cl)ccc1Cl. The number of amides is 2. The number of hydrogen-bond acceptors (Lipinski definition) is 3. The number of nitrogens with one attached hydrogen (secondary N) is 1. The zero-order valence-electron chi connectivity index (χ0n) is 12.9. The molecule has 8 heteroatoms. The van der Waals surface area contributed by atoms with Crippen LogP contribution in [0.4, 0.5) is 5.69 Å². The van der Waals surface area contributed by atoms with E-state index in [0.29, 0.717) is 28.7 Å². The third kappa shape index (κ3) is 4.85. The van der Waals surface area contributed by atoms with E-state index in [0.717, 1.165) is 12.8 Å². The van der Waals surface area contributed by atoms with Gasteiger partial charge in [-0.2, -0.15) is 0 Å². The fourth-order valence-electron chi connectivity index (χ4n) is 2.67. The highest BCUT2D eigenvalue weighted by Gasteiger charge is 2.32. The Bertz CT molecular complexity index is 651. The lowest BCUT2D eigenvalue weighted by atomic mass is 10.0. The molecule has 1 aliphatic heterocycles. The lowest BCUT2D eigenvalue weighted by molar-refractivity contribution is -0.144. The molecule has 0 aliphatic carbocycles. The Morgan fingerprint density at radius 1 is 1.21 bits per heavy atom. The molecule has 130 valence electrons. The van der Waals surface area contributed by atoms with E-state index >= 15 is 0 Å². The van der Waals surface area contributed by atoms with Crippen LogP contribution in [0.25, 0.3) is 0 Å². The number of carbonyl (C=O) groups is 3. The number of aliphatic carboxylic acids is 1. The average molecular weight is 373 g/mol. The van der Waals surface area contributed by atoms with Gasteiger partial charge in [0.2, 0.25) is 11.8 Å². The van der Waals surface area contributed by atoms with Crippen LogP contribution in [0, 0.1) is 0 Å². The molecule has 1 aromatic carbocycles. The molecule has 1 aliphatic rings. The predicted octanol–water partition coefficient (Wildman–Crippen LogP) is 3.18. The Balaban J connectivity index is 2.08. The number of nitrogens with zero attached hydrogens (tertiary/aromatic N) is 1. The van der Waals surface area contributed by atoms with Gasteiger partial charge in [0.1, 0.15) is 6.04 Å². The van der Waals surface area contributed by atoms with Crippen LogP contribution in [0.5, 0.6) is 0 Å². The van der Waals surface area contributed by atoms with Crippen LogP contribution in [-0.2, 0) is 14.4 Å². The van der Waals surface area contributed by atoms with Gasteiger partial charge >= 0.3 is 5.97 Å². The van der Waals surface area contributed by atoms with E-state index in [-0.39, 0.29) is 24.7 Å². The normalized spacial score (nSPS) is 17.4. The number of hydrogen-bond donors (Lipinski definition) is 2. The number of anilines is 1. The van der Waals surface area contributed by atoms with Gasteiger partial charge in [0.15, 0.2) is 0 Å². The lowest BCUT2D eigenvalue weighted by Gasteiger charge is -2.34. The van der Waals surface area contributed by atoms with Crippen LogP contribution in [-0.4, -0.2) is 40.4 Å². The van der Waals surface area contributed by atoms with Crippen LogP contribution in [0.2, 0.25) is 10.0 Å². The molecule has 0 aromatic heterocycles. The number of carboxylic acids is 1. The third-order valence-electron chi connectivity index (χ3n) is 3.86. The summed E-state index contributed by atoms with van der Waals surface area (Å²) < 4.78 is 0. The zero-order valence-corrected chi connectivity index (χ0v) is 14.4. The minimum Gasteiger partial charge on any atom is -0.481 e. The van der Waals surface area contributed by atoms with Crippen molar-refractivity contribution in [3.05, 3.63) is 28.2 Å². The second-order valence-corrected chi connectivity index (χ2v) is 6.45. The van der Waals surface area contributed by atoms with Crippen molar-refractivity contribution >= 4 is 46.7 Å². The number of benzene rings is 1. The summed E-state index contributed by atoms with van der Waals surface area (Å²) in [7, 11) is 0. The first kappa shape index (κ1) is 18.5. The van der Waals surface area contributed by atoms with Gasteiger partial charge in [-0.1, -0.05) is 23.2 Å². The second kappa shape index (κ2) is 8.35. The van der Waals surface area contributed by atoms with Crippen molar-refractivity contribution in [1.29, 1.82) is 0 Å². The van der Waals surface area contributed by atoms with Gasteiger partial charge in [0.25, 0.3) is 0 Å². The van der Waals surface area contributed by atoms with Crippen LogP contribution < -0.4 is 5.32 Å².